The van der Waals surface area contributed by atoms with Gasteiger partial charge >= 0.3 is 0 Å². The third-order valence-corrected chi connectivity index (χ3v) is 7.44. The molecule has 3 aromatic rings. The minimum absolute atomic E-state index is 0.158. The van der Waals surface area contributed by atoms with E-state index in [4.69, 9.17) is 4.74 Å². The van der Waals surface area contributed by atoms with Crippen LogP contribution in [0.15, 0.2) is 83.8 Å². The zero-order chi connectivity index (χ0) is 22.6. The van der Waals surface area contributed by atoms with E-state index in [1.165, 1.54) is 15.3 Å². The Hall–Kier alpha value is -3.16. The van der Waals surface area contributed by atoms with E-state index < -0.39 is 10.0 Å². The van der Waals surface area contributed by atoms with Gasteiger partial charge < -0.3 is 9.64 Å². The number of nitrogens with zero attached hydrogens (tertiary/aromatic N) is 2. The van der Waals surface area contributed by atoms with Crippen molar-refractivity contribution in [3.05, 3.63) is 84.4 Å². The van der Waals surface area contributed by atoms with Crippen molar-refractivity contribution >= 4 is 21.6 Å². The fourth-order valence-electron chi connectivity index (χ4n) is 3.72. The standard InChI is InChI=1S/C25H26N2O4S/c1-26(21-13-15-23(16-14-21)31-22-10-4-2-5-11-22)25(28)20-9-8-12-24(19-20)32(29,30)27-17-6-3-7-18-27/h2,4-5,8-16,19H,3,6-7,17-18H2,1H3. The molecular formula is C25H26N2O4S. The molecule has 1 aliphatic rings. The van der Waals surface area contributed by atoms with Gasteiger partial charge in [0.25, 0.3) is 5.91 Å². The van der Waals surface area contributed by atoms with Crippen LogP contribution in [0.4, 0.5) is 5.69 Å². The Morgan fingerprint density at radius 3 is 2.19 bits per heavy atom. The van der Waals surface area contributed by atoms with Gasteiger partial charge in [-0.05, 0) is 67.4 Å². The topological polar surface area (TPSA) is 66.9 Å². The number of ether oxygens (including phenoxy) is 1. The van der Waals surface area contributed by atoms with Crippen molar-refractivity contribution in [1.82, 2.24) is 4.31 Å². The number of carbonyl (C=O) groups excluding carboxylic acids is 1. The highest BCUT2D eigenvalue weighted by molar-refractivity contribution is 7.89. The van der Waals surface area contributed by atoms with Gasteiger partial charge in [0.1, 0.15) is 11.5 Å². The molecule has 0 N–H and O–H groups in total. The van der Waals surface area contributed by atoms with Crippen molar-refractivity contribution in [1.29, 1.82) is 0 Å². The average Bonchev–Trinajstić information content (AvgIpc) is 2.85. The lowest BCUT2D eigenvalue weighted by Crippen LogP contribution is -2.35. The summed E-state index contributed by atoms with van der Waals surface area (Å²) in [6, 6.07) is 22.9. The van der Waals surface area contributed by atoms with Crippen molar-refractivity contribution in [2.45, 2.75) is 24.2 Å². The van der Waals surface area contributed by atoms with E-state index in [0.29, 0.717) is 30.1 Å². The second-order valence-electron chi connectivity index (χ2n) is 7.77. The van der Waals surface area contributed by atoms with E-state index >= 15 is 0 Å². The Balaban J connectivity index is 1.50. The summed E-state index contributed by atoms with van der Waals surface area (Å²) in [5, 5.41) is 0. The SMILES string of the molecule is CN(C(=O)c1cccc(S(=O)(=O)N2CCCCC2)c1)c1ccc(Oc2ccccc2)cc1. The molecule has 166 valence electrons. The molecule has 0 unspecified atom stereocenters. The van der Waals surface area contributed by atoms with Gasteiger partial charge in [0.15, 0.2) is 0 Å². The molecule has 32 heavy (non-hydrogen) atoms. The number of carbonyl (C=O) groups is 1. The number of rotatable bonds is 6. The minimum atomic E-state index is -3.60. The molecule has 0 aliphatic carbocycles. The Kier molecular flexibility index (Phi) is 6.58. The summed E-state index contributed by atoms with van der Waals surface area (Å²) in [5.74, 6) is 1.12. The first-order valence-electron chi connectivity index (χ1n) is 10.7. The highest BCUT2D eigenvalue weighted by Gasteiger charge is 2.27. The molecular weight excluding hydrogens is 424 g/mol. The molecule has 0 saturated carbocycles. The summed E-state index contributed by atoms with van der Waals surface area (Å²) >= 11 is 0. The highest BCUT2D eigenvalue weighted by Crippen LogP contribution is 2.26. The summed E-state index contributed by atoms with van der Waals surface area (Å²) in [6.45, 7) is 1.05. The normalized spacial score (nSPS) is 14.7. The lowest BCUT2D eigenvalue weighted by Gasteiger charge is -2.26. The molecule has 0 aromatic heterocycles. The molecule has 0 radical (unpaired) electrons. The van der Waals surface area contributed by atoms with Gasteiger partial charge in [-0.2, -0.15) is 4.31 Å². The van der Waals surface area contributed by atoms with Crippen LogP contribution in [0.3, 0.4) is 0 Å². The monoisotopic (exact) mass is 450 g/mol. The van der Waals surface area contributed by atoms with Crippen molar-refractivity contribution in [3.63, 3.8) is 0 Å². The summed E-state index contributed by atoms with van der Waals surface area (Å²) in [4.78, 5) is 14.7. The lowest BCUT2D eigenvalue weighted by atomic mass is 10.2. The van der Waals surface area contributed by atoms with E-state index in [1.807, 2.05) is 30.3 Å². The Labute approximate surface area is 189 Å². The Bertz CT molecular complexity index is 1170. The van der Waals surface area contributed by atoms with Gasteiger partial charge in [0.05, 0.1) is 4.90 Å². The smallest absolute Gasteiger partial charge is 0.258 e. The first-order chi connectivity index (χ1) is 15.4. The zero-order valence-electron chi connectivity index (χ0n) is 18.0. The first kappa shape index (κ1) is 22.0. The van der Waals surface area contributed by atoms with Gasteiger partial charge in [-0.25, -0.2) is 8.42 Å². The van der Waals surface area contributed by atoms with Crippen molar-refractivity contribution in [2.75, 3.05) is 25.0 Å². The fraction of sp³-hybridized carbons (Fsp3) is 0.240. The third-order valence-electron chi connectivity index (χ3n) is 5.54. The number of hydrogen-bond acceptors (Lipinski definition) is 4. The van der Waals surface area contributed by atoms with Crippen LogP contribution in [-0.2, 0) is 10.0 Å². The van der Waals surface area contributed by atoms with Gasteiger partial charge in [0, 0.05) is 31.4 Å². The van der Waals surface area contributed by atoms with Crippen LogP contribution in [0.25, 0.3) is 0 Å². The number of amides is 1. The maximum absolute atomic E-state index is 13.1. The zero-order valence-corrected chi connectivity index (χ0v) is 18.8. The van der Waals surface area contributed by atoms with Crippen LogP contribution < -0.4 is 9.64 Å². The number of benzene rings is 3. The maximum Gasteiger partial charge on any atom is 0.258 e. The number of piperidine rings is 1. The van der Waals surface area contributed by atoms with Crippen LogP contribution in [0.5, 0.6) is 11.5 Å². The van der Waals surface area contributed by atoms with Crippen molar-refractivity contribution < 1.29 is 17.9 Å². The van der Waals surface area contributed by atoms with Crippen LogP contribution in [-0.4, -0.2) is 38.8 Å². The molecule has 6 nitrogen and oxygen atoms in total. The van der Waals surface area contributed by atoms with Crippen molar-refractivity contribution in [2.24, 2.45) is 0 Å². The van der Waals surface area contributed by atoms with Crippen LogP contribution in [0, 0.1) is 0 Å². The minimum Gasteiger partial charge on any atom is -0.457 e. The molecule has 0 bridgehead atoms. The van der Waals surface area contributed by atoms with Crippen LogP contribution in [0.1, 0.15) is 29.6 Å². The summed E-state index contributed by atoms with van der Waals surface area (Å²) in [7, 11) is -1.93. The molecule has 7 heteroatoms. The number of para-hydroxylation sites is 1. The Morgan fingerprint density at radius 2 is 1.50 bits per heavy atom. The van der Waals surface area contributed by atoms with E-state index in [1.54, 1.807) is 49.5 Å². The fourth-order valence-corrected chi connectivity index (χ4v) is 5.28. The van der Waals surface area contributed by atoms with Crippen LogP contribution >= 0.6 is 0 Å². The highest BCUT2D eigenvalue weighted by atomic mass is 32.2. The van der Waals surface area contributed by atoms with Gasteiger partial charge in [-0.3, -0.25) is 4.79 Å². The molecule has 4 rings (SSSR count). The summed E-state index contributed by atoms with van der Waals surface area (Å²) < 4.78 is 33.3. The van der Waals surface area contributed by atoms with Gasteiger partial charge in [0.2, 0.25) is 10.0 Å². The first-order valence-corrected chi connectivity index (χ1v) is 12.1. The molecule has 1 aliphatic heterocycles. The van der Waals surface area contributed by atoms with Crippen LogP contribution in [0.2, 0.25) is 0 Å². The molecule has 3 aromatic carbocycles. The van der Waals surface area contributed by atoms with E-state index in [-0.39, 0.29) is 10.8 Å². The van der Waals surface area contributed by atoms with E-state index in [0.717, 1.165) is 25.0 Å². The molecule has 1 amide bonds. The van der Waals surface area contributed by atoms with Gasteiger partial charge in [-0.1, -0.05) is 30.7 Å². The van der Waals surface area contributed by atoms with Gasteiger partial charge in [-0.15, -0.1) is 0 Å². The summed E-state index contributed by atoms with van der Waals surface area (Å²) in [6.07, 6.45) is 2.78. The average molecular weight is 451 g/mol. The van der Waals surface area contributed by atoms with Crippen molar-refractivity contribution in [3.8, 4) is 11.5 Å². The lowest BCUT2D eigenvalue weighted by molar-refractivity contribution is 0.0992. The molecule has 1 fully saturated rings. The third kappa shape index (κ3) is 4.84. The predicted octanol–water partition coefficient (Wildman–Crippen LogP) is 4.93. The number of anilines is 1. The molecule has 1 heterocycles. The summed E-state index contributed by atoms with van der Waals surface area (Å²) in [5.41, 5.74) is 1.01. The second kappa shape index (κ2) is 9.54. The van der Waals surface area contributed by atoms with E-state index in [9.17, 15) is 13.2 Å². The predicted molar refractivity (Wildman–Crippen MR) is 125 cm³/mol. The number of hydrogen-bond donors (Lipinski definition) is 0. The quantitative estimate of drug-likeness (QED) is 0.534. The second-order valence-corrected chi connectivity index (χ2v) is 9.70. The molecule has 0 atom stereocenters. The largest absolute Gasteiger partial charge is 0.457 e. The molecule has 0 spiro atoms. The number of sulfonamides is 1. The molecule has 1 saturated heterocycles. The Morgan fingerprint density at radius 1 is 0.844 bits per heavy atom. The maximum atomic E-state index is 13.1. The van der Waals surface area contributed by atoms with E-state index in [2.05, 4.69) is 0 Å².